The van der Waals surface area contributed by atoms with Gasteiger partial charge >= 0.3 is 5.97 Å². The van der Waals surface area contributed by atoms with Gasteiger partial charge in [0.1, 0.15) is 6.10 Å². The molecule has 0 heterocycles. The van der Waals surface area contributed by atoms with E-state index in [0.29, 0.717) is 19.3 Å². The topological polar surface area (TPSA) is 95.9 Å². The third kappa shape index (κ3) is 33.5. The molecule has 3 atom stereocenters. The van der Waals surface area contributed by atoms with Crippen LogP contribution in [0.4, 0.5) is 0 Å². The van der Waals surface area contributed by atoms with Gasteiger partial charge in [-0.25, -0.2) is 0 Å². The smallest absolute Gasteiger partial charge is 0.306 e. The zero-order valence-electron chi connectivity index (χ0n) is 32.8. The van der Waals surface area contributed by atoms with Gasteiger partial charge in [-0.1, -0.05) is 181 Å². The first kappa shape index (κ1) is 47.6. The number of rotatable bonds is 38. The predicted molar refractivity (Wildman–Crippen MR) is 209 cm³/mol. The fourth-order valence-electron chi connectivity index (χ4n) is 6.53. The lowest BCUT2D eigenvalue weighted by Gasteiger charge is -2.24. The van der Waals surface area contributed by atoms with Crippen molar-refractivity contribution in [3.8, 4) is 0 Å². The summed E-state index contributed by atoms with van der Waals surface area (Å²) < 4.78 is 5.86. The Labute approximate surface area is 304 Å². The van der Waals surface area contributed by atoms with Gasteiger partial charge in [0.2, 0.25) is 5.91 Å². The van der Waals surface area contributed by atoms with Crippen LogP contribution in [0.3, 0.4) is 0 Å². The number of hydrogen-bond donors (Lipinski definition) is 3. The first-order valence-electron chi connectivity index (χ1n) is 21.4. The molecule has 0 spiro atoms. The van der Waals surface area contributed by atoms with E-state index in [9.17, 15) is 19.8 Å². The van der Waals surface area contributed by atoms with Crippen LogP contribution >= 0.6 is 0 Å². The summed E-state index contributed by atoms with van der Waals surface area (Å²) in [6.45, 7) is 6.40. The zero-order valence-corrected chi connectivity index (χ0v) is 32.8. The first-order chi connectivity index (χ1) is 24.0. The molecule has 0 saturated carbocycles. The summed E-state index contributed by atoms with van der Waals surface area (Å²) >= 11 is 0. The molecule has 290 valence electrons. The molecule has 0 rings (SSSR count). The molecule has 0 aliphatic rings. The van der Waals surface area contributed by atoms with Crippen LogP contribution in [0.2, 0.25) is 0 Å². The summed E-state index contributed by atoms with van der Waals surface area (Å²) in [4.78, 5) is 25.8. The lowest BCUT2D eigenvalue weighted by atomic mass is 10.0. The molecule has 3 unspecified atom stereocenters. The standard InChI is InChI=1S/C43H83NO5/c1-4-7-10-13-16-19-21-23-26-29-32-35-41(46)40(38-45)44-42(47)37-39(34-31-28-25-18-15-12-9-6-3)49-43(48)36-33-30-27-24-22-20-17-14-11-8-5-2/h14,17,39-41,45-46H,4-13,15-16,18-38H2,1-3H3,(H,44,47)/b17-14-. The van der Waals surface area contributed by atoms with Crippen molar-refractivity contribution in [3.63, 3.8) is 0 Å². The number of esters is 1. The third-order valence-corrected chi connectivity index (χ3v) is 9.84. The van der Waals surface area contributed by atoms with Crippen LogP contribution < -0.4 is 5.32 Å². The van der Waals surface area contributed by atoms with Gasteiger partial charge in [-0.05, 0) is 44.9 Å². The Morgan fingerprint density at radius 3 is 1.51 bits per heavy atom. The molecule has 0 aliphatic carbocycles. The number of carbonyl (C=O) groups is 2. The van der Waals surface area contributed by atoms with Crippen LogP contribution in [-0.2, 0) is 14.3 Å². The molecule has 49 heavy (non-hydrogen) atoms. The second kappa shape index (κ2) is 37.8. The van der Waals surface area contributed by atoms with E-state index < -0.39 is 18.2 Å². The largest absolute Gasteiger partial charge is 0.462 e. The monoisotopic (exact) mass is 694 g/mol. The SMILES string of the molecule is CCCC/C=C\CCCCCCCC(=O)OC(CCCCCCCCCC)CC(=O)NC(CO)C(O)CCCCCCCCCCCCC. The number of nitrogens with one attached hydrogen (secondary N) is 1. The average molecular weight is 694 g/mol. The molecule has 6 heteroatoms. The van der Waals surface area contributed by atoms with Gasteiger partial charge in [-0.15, -0.1) is 0 Å². The average Bonchev–Trinajstić information content (AvgIpc) is 3.09. The van der Waals surface area contributed by atoms with Gasteiger partial charge in [0.15, 0.2) is 0 Å². The van der Waals surface area contributed by atoms with E-state index in [0.717, 1.165) is 51.4 Å². The maximum atomic E-state index is 13.0. The summed E-state index contributed by atoms with van der Waals surface area (Å²) in [7, 11) is 0. The van der Waals surface area contributed by atoms with Crippen LogP contribution in [0.1, 0.15) is 226 Å². The van der Waals surface area contributed by atoms with E-state index in [2.05, 4.69) is 38.2 Å². The van der Waals surface area contributed by atoms with Crippen LogP contribution in [0, 0.1) is 0 Å². The molecule has 0 radical (unpaired) electrons. The fourth-order valence-corrected chi connectivity index (χ4v) is 6.53. The minimum atomic E-state index is -0.779. The number of allylic oxidation sites excluding steroid dienone is 2. The highest BCUT2D eigenvalue weighted by Gasteiger charge is 2.24. The van der Waals surface area contributed by atoms with Crippen LogP contribution in [-0.4, -0.2) is 46.9 Å². The molecular weight excluding hydrogens is 610 g/mol. The minimum absolute atomic E-state index is 0.0790. The quantitative estimate of drug-likeness (QED) is 0.0340. The van der Waals surface area contributed by atoms with Crippen LogP contribution in [0.15, 0.2) is 12.2 Å². The second-order valence-electron chi connectivity index (χ2n) is 14.7. The number of aliphatic hydroxyl groups excluding tert-OH is 2. The number of ether oxygens (including phenoxy) is 1. The Morgan fingerprint density at radius 1 is 0.571 bits per heavy atom. The second-order valence-corrected chi connectivity index (χ2v) is 14.7. The number of hydrogen-bond acceptors (Lipinski definition) is 5. The summed E-state index contributed by atoms with van der Waals surface area (Å²) in [5, 5.41) is 23.5. The molecule has 0 aliphatic heterocycles. The van der Waals surface area contributed by atoms with Gasteiger partial charge in [0.25, 0.3) is 0 Å². The van der Waals surface area contributed by atoms with Crippen molar-refractivity contribution >= 4 is 11.9 Å². The van der Waals surface area contributed by atoms with E-state index in [1.165, 1.54) is 128 Å². The molecule has 0 saturated heterocycles. The molecule has 3 N–H and O–H groups in total. The van der Waals surface area contributed by atoms with Crippen molar-refractivity contribution < 1.29 is 24.5 Å². The lowest BCUT2D eigenvalue weighted by Crippen LogP contribution is -2.46. The van der Waals surface area contributed by atoms with Crippen LogP contribution in [0.25, 0.3) is 0 Å². The molecule has 0 bridgehead atoms. The number of amides is 1. The molecule has 0 aromatic rings. The Hall–Kier alpha value is -1.40. The maximum absolute atomic E-state index is 13.0. The first-order valence-corrected chi connectivity index (χ1v) is 21.4. The van der Waals surface area contributed by atoms with E-state index in [1.807, 2.05) is 0 Å². The number of unbranched alkanes of at least 4 members (excludes halogenated alkanes) is 24. The predicted octanol–water partition coefficient (Wildman–Crippen LogP) is 11.8. The Kier molecular flexibility index (Phi) is 36.8. The van der Waals surface area contributed by atoms with Crippen molar-refractivity contribution in [1.82, 2.24) is 5.32 Å². The summed E-state index contributed by atoms with van der Waals surface area (Å²) in [5.74, 6) is -0.482. The Morgan fingerprint density at radius 2 is 1.00 bits per heavy atom. The number of aliphatic hydroxyl groups is 2. The van der Waals surface area contributed by atoms with E-state index in [1.54, 1.807) is 0 Å². The number of carbonyl (C=O) groups excluding carboxylic acids is 2. The van der Waals surface area contributed by atoms with Gasteiger partial charge in [-0.2, -0.15) is 0 Å². The molecule has 0 aromatic carbocycles. The lowest BCUT2D eigenvalue weighted by molar-refractivity contribution is -0.151. The normalized spacial score (nSPS) is 13.5. The van der Waals surface area contributed by atoms with Crippen molar-refractivity contribution in [2.24, 2.45) is 0 Å². The summed E-state index contributed by atoms with van der Waals surface area (Å²) in [5.41, 5.74) is 0. The molecule has 0 aromatic heterocycles. The van der Waals surface area contributed by atoms with Gasteiger partial charge in [0.05, 0.1) is 25.2 Å². The van der Waals surface area contributed by atoms with Crippen molar-refractivity contribution in [3.05, 3.63) is 12.2 Å². The highest BCUT2D eigenvalue weighted by atomic mass is 16.5. The van der Waals surface area contributed by atoms with Crippen molar-refractivity contribution in [1.29, 1.82) is 0 Å². The molecule has 6 nitrogen and oxygen atoms in total. The maximum Gasteiger partial charge on any atom is 0.306 e. The molecule has 0 fully saturated rings. The van der Waals surface area contributed by atoms with E-state index in [-0.39, 0.29) is 24.9 Å². The van der Waals surface area contributed by atoms with Crippen molar-refractivity contribution in [2.45, 2.75) is 244 Å². The highest BCUT2D eigenvalue weighted by molar-refractivity contribution is 5.77. The van der Waals surface area contributed by atoms with Gasteiger partial charge in [-0.3, -0.25) is 9.59 Å². The van der Waals surface area contributed by atoms with Gasteiger partial charge < -0.3 is 20.3 Å². The Balaban J connectivity index is 4.52. The fraction of sp³-hybridized carbons (Fsp3) is 0.907. The third-order valence-electron chi connectivity index (χ3n) is 9.84. The van der Waals surface area contributed by atoms with E-state index in [4.69, 9.17) is 4.74 Å². The van der Waals surface area contributed by atoms with Gasteiger partial charge in [0, 0.05) is 6.42 Å². The Bertz CT molecular complexity index is 742. The zero-order chi connectivity index (χ0) is 36.0. The minimum Gasteiger partial charge on any atom is -0.462 e. The summed E-state index contributed by atoms with van der Waals surface area (Å²) in [6, 6.07) is -0.693. The van der Waals surface area contributed by atoms with Crippen molar-refractivity contribution in [2.75, 3.05) is 6.61 Å². The van der Waals surface area contributed by atoms with E-state index >= 15 is 0 Å². The molecular formula is C43H83NO5. The molecule has 1 amide bonds. The summed E-state index contributed by atoms with van der Waals surface area (Å²) in [6.07, 6.45) is 38.4. The van der Waals surface area contributed by atoms with Crippen LogP contribution in [0.5, 0.6) is 0 Å². The highest BCUT2D eigenvalue weighted by Crippen LogP contribution is 2.17.